The van der Waals surface area contributed by atoms with Crippen molar-refractivity contribution in [2.24, 2.45) is 0 Å². The Morgan fingerprint density at radius 1 is 0.886 bits per heavy atom. The SMILES string of the molecule is CC(C)=CC[C@@H](CCO[Si](c1ccccc1)(c1ccccc1)C(C)(C)C)c1cc(O)c(C)cc1O. The Morgan fingerprint density at radius 3 is 1.91 bits per heavy atom. The van der Waals surface area contributed by atoms with E-state index >= 15 is 0 Å². The van der Waals surface area contributed by atoms with Crippen molar-refractivity contribution in [2.75, 3.05) is 6.61 Å². The zero-order valence-electron chi connectivity index (χ0n) is 22.0. The highest BCUT2D eigenvalue weighted by Gasteiger charge is 2.50. The van der Waals surface area contributed by atoms with Crippen molar-refractivity contribution in [2.45, 2.75) is 65.3 Å². The molecular weight excluding hydrogens is 448 g/mol. The van der Waals surface area contributed by atoms with Crippen LogP contribution in [0.5, 0.6) is 11.5 Å². The molecule has 0 spiro atoms. The lowest BCUT2D eigenvalue weighted by Gasteiger charge is -2.43. The van der Waals surface area contributed by atoms with Gasteiger partial charge >= 0.3 is 0 Å². The summed E-state index contributed by atoms with van der Waals surface area (Å²) in [4.78, 5) is 0. The minimum atomic E-state index is -2.62. The van der Waals surface area contributed by atoms with Gasteiger partial charge in [0.25, 0.3) is 8.32 Å². The summed E-state index contributed by atoms with van der Waals surface area (Å²) < 4.78 is 7.09. The minimum absolute atomic E-state index is 0.0367. The third kappa shape index (κ3) is 6.06. The number of benzene rings is 3. The fourth-order valence-electron chi connectivity index (χ4n) is 4.92. The van der Waals surface area contributed by atoms with Crippen molar-refractivity contribution in [1.29, 1.82) is 0 Å². The van der Waals surface area contributed by atoms with Crippen molar-refractivity contribution < 1.29 is 14.6 Å². The average Bonchev–Trinajstić information content (AvgIpc) is 2.81. The molecule has 1 atom stereocenters. The molecule has 0 saturated carbocycles. The first-order valence-corrected chi connectivity index (χ1v) is 14.4. The van der Waals surface area contributed by atoms with Gasteiger partial charge in [0.15, 0.2) is 0 Å². The topological polar surface area (TPSA) is 49.7 Å². The number of phenolic OH excluding ortho intramolecular Hbond substituents is 2. The predicted octanol–water partition coefficient (Wildman–Crippen LogP) is 6.81. The number of hydrogen-bond donors (Lipinski definition) is 2. The molecule has 0 saturated heterocycles. The highest BCUT2D eigenvalue weighted by Crippen LogP contribution is 2.39. The maximum Gasteiger partial charge on any atom is 0.261 e. The van der Waals surface area contributed by atoms with Crippen LogP contribution in [-0.4, -0.2) is 25.1 Å². The molecule has 0 fully saturated rings. The molecule has 4 heteroatoms. The van der Waals surface area contributed by atoms with Crippen LogP contribution in [0.1, 0.15) is 64.5 Å². The van der Waals surface area contributed by atoms with E-state index in [1.54, 1.807) is 19.1 Å². The van der Waals surface area contributed by atoms with Gasteiger partial charge in [-0.1, -0.05) is 93.1 Å². The van der Waals surface area contributed by atoms with E-state index in [9.17, 15) is 10.2 Å². The molecule has 0 radical (unpaired) electrons. The molecule has 0 unspecified atom stereocenters. The van der Waals surface area contributed by atoms with E-state index in [4.69, 9.17) is 4.43 Å². The van der Waals surface area contributed by atoms with Crippen LogP contribution in [0.4, 0.5) is 0 Å². The van der Waals surface area contributed by atoms with E-state index < -0.39 is 8.32 Å². The molecule has 0 heterocycles. The Morgan fingerprint density at radius 2 is 1.43 bits per heavy atom. The molecule has 3 aromatic carbocycles. The van der Waals surface area contributed by atoms with Crippen LogP contribution in [-0.2, 0) is 4.43 Å². The van der Waals surface area contributed by atoms with Gasteiger partial charge in [0.05, 0.1) is 0 Å². The molecule has 2 N–H and O–H groups in total. The third-order valence-electron chi connectivity index (χ3n) is 6.80. The maximum absolute atomic E-state index is 10.7. The van der Waals surface area contributed by atoms with Crippen LogP contribution in [0.2, 0.25) is 5.04 Å². The second-order valence-corrected chi connectivity index (χ2v) is 15.0. The van der Waals surface area contributed by atoms with E-state index in [1.165, 1.54) is 15.9 Å². The molecule has 0 aliphatic carbocycles. The average molecular weight is 489 g/mol. The quantitative estimate of drug-likeness (QED) is 0.197. The zero-order valence-corrected chi connectivity index (χ0v) is 23.0. The second kappa shape index (κ2) is 11.3. The summed E-state index contributed by atoms with van der Waals surface area (Å²) in [5.41, 5.74) is 2.69. The second-order valence-electron chi connectivity index (χ2n) is 10.7. The van der Waals surface area contributed by atoms with E-state index in [2.05, 4.69) is 101 Å². The van der Waals surface area contributed by atoms with Crippen molar-refractivity contribution in [3.8, 4) is 11.5 Å². The van der Waals surface area contributed by atoms with Crippen LogP contribution in [0.25, 0.3) is 0 Å². The Balaban J connectivity index is 1.99. The molecule has 35 heavy (non-hydrogen) atoms. The summed E-state index contributed by atoms with van der Waals surface area (Å²) >= 11 is 0. The van der Waals surface area contributed by atoms with Gasteiger partial charge in [0.1, 0.15) is 11.5 Å². The Labute approximate surface area is 212 Å². The van der Waals surface area contributed by atoms with Crippen LogP contribution < -0.4 is 10.4 Å². The monoisotopic (exact) mass is 488 g/mol. The van der Waals surface area contributed by atoms with Crippen molar-refractivity contribution in [3.05, 3.63) is 95.6 Å². The normalized spacial score (nSPS) is 12.9. The molecule has 3 aromatic rings. The third-order valence-corrected chi connectivity index (χ3v) is 11.8. The highest BCUT2D eigenvalue weighted by molar-refractivity contribution is 6.99. The molecule has 0 aliphatic rings. The lowest BCUT2D eigenvalue weighted by Crippen LogP contribution is -2.66. The van der Waals surface area contributed by atoms with Gasteiger partial charge in [-0.05, 0) is 72.6 Å². The predicted molar refractivity (Wildman–Crippen MR) is 149 cm³/mol. The van der Waals surface area contributed by atoms with E-state index in [-0.39, 0.29) is 22.5 Å². The molecule has 0 amide bonds. The van der Waals surface area contributed by atoms with Gasteiger partial charge in [-0.3, -0.25) is 0 Å². The first-order valence-electron chi connectivity index (χ1n) is 12.5. The van der Waals surface area contributed by atoms with Crippen molar-refractivity contribution in [1.82, 2.24) is 0 Å². The van der Waals surface area contributed by atoms with E-state index in [0.717, 1.165) is 18.4 Å². The van der Waals surface area contributed by atoms with Crippen LogP contribution >= 0.6 is 0 Å². The zero-order chi connectivity index (χ0) is 25.6. The van der Waals surface area contributed by atoms with Gasteiger partial charge in [0, 0.05) is 12.2 Å². The lowest BCUT2D eigenvalue weighted by molar-refractivity contribution is 0.279. The number of aromatic hydroxyl groups is 2. The summed E-state index contributed by atoms with van der Waals surface area (Å²) in [5, 5.41) is 23.5. The largest absolute Gasteiger partial charge is 0.508 e. The summed E-state index contributed by atoms with van der Waals surface area (Å²) in [7, 11) is -2.62. The van der Waals surface area contributed by atoms with E-state index in [1.807, 2.05) is 0 Å². The summed E-state index contributed by atoms with van der Waals surface area (Å²) in [6.07, 6.45) is 3.72. The van der Waals surface area contributed by atoms with Crippen LogP contribution in [0.15, 0.2) is 84.4 Å². The van der Waals surface area contributed by atoms with Gasteiger partial charge in [-0.25, -0.2) is 0 Å². The molecule has 3 nitrogen and oxygen atoms in total. The lowest BCUT2D eigenvalue weighted by atomic mass is 9.90. The van der Waals surface area contributed by atoms with Gasteiger partial charge in [0.2, 0.25) is 0 Å². The van der Waals surface area contributed by atoms with Crippen molar-refractivity contribution >= 4 is 18.7 Å². The molecule has 0 aliphatic heterocycles. The molecule has 0 bridgehead atoms. The fourth-order valence-corrected chi connectivity index (χ4v) is 9.50. The van der Waals surface area contributed by atoms with Gasteiger partial charge in [-0.2, -0.15) is 0 Å². The molecule has 3 rings (SSSR count). The first kappa shape index (κ1) is 26.8. The minimum Gasteiger partial charge on any atom is -0.508 e. The summed E-state index contributed by atoms with van der Waals surface area (Å²) in [5.74, 6) is 0.487. The van der Waals surface area contributed by atoms with Crippen LogP contribution in [0.3, 0.4) is 0 Å². The Hall–Kier alpha value is -2.82. The maximum atomic E-state index is 10.7. The standard InChI is InChI=1S/C31H40O3Si/c1-23(2)17-18-25(28-22-29(32)24(3)21-30(28)33)19-20-34-35(31(4,5)6,26-13-9-7-10-14-26)27-15-11-8-12-16-27/h7-17,21-22,25,32-33H,18-20H2,1-6H3/t25-/m0/s1. The Bertz CT molecular complexity index is 1090. The van der Waals surface area contributed by atoms with Crippen LogP contribution in [0, 0.1) is 6.92 Å². The smallest absolute Gasteiger partial charge is 0.261 e. The van der Waals surface area contributed by atoms with Gasteiger partial charge in [-0.15, -0.1) is 0 Å². The number of phenols is 2. The molecule has 186 valence electrons. The number of aryl methyl sites for hydroxylation is 1. The number of hydrogen-bond acceptors (Lipinski definition) is 3. The van der Waals surface area contributed by atoms with Crippen molar-refractivity contribution in [3.63, 3.8) is 0 Å². The first-order chi connectivity index (χ1) is 16.6. The van der Waals surface area contributed by atoms with Gasteiger partial charge < -0.3 is 14.6 Å². The summed E-state index contributed by atoms with van der Waals surface area (Å²) in [6, 6.07) is 24.7. The Kier molecular flexibility index (Phi) is 8.63. The summed E-state index contributed by atoms with van der Waals surface area (Å²) in [6.45, 7) is 13.4. The molecular formula is C31H40O3Si. The number of rotatable bonds is 9. The fraction of sp³-hybridized carbons (Fsp3) is 0.355. The number of allylic oxidation sites excluding steroid dienone is 2. The van der Waals surface area contributed by atoms with E-state index in [0.29, 0.717) is 12.2 Å². The highest BCUT2D eigenvalue weighted by atomic mass is 28.4. The molecule has 0 aromatic heterocycles.